The van der Waals surface area contributed by atoms with Crippen molar-refractivity contribution in [3.8, 4) is 0 Å². The first-order valence-electron chi connectivity index (χ1n) is 16.9. The lowest BCUT2D eigenvalue weighted by molar-refractivity contribution is -0.231. The van der Waals surface area contributed by atoms with E-state index in [1.54, 1.807) is 4.90 Å². The number of hydrogen-bond acceptors (Lipinski definition) is 10. The summed E-state index contributed by atoms with van der Waals surface area (Å²) in [4.78, 5) is 43.2. The first-order valence-corrected chi connectivity index (χ1v) is 19.5. The van der Waals surface area contributed by atoms with Crippen molar-refractivity contribution in [3.05, 3.63) is 124 Å². The Morgan fingerprint density at radius 2 is 1.59 bits per heavy atom. The molecule has 59 heavy (non-hydrogen) atoms. The van der Waals surface area contributed by atoms with Gasteiger partial charge in [-0.3, -0.25) is 23.8 Å². The largest absolute Gasteiger partial charge is 0.416 e. The van der Waals surface area contributed by atoms with Crippen molar-refractivity contribution in [1.82, 2.24) is 30.0 Å². The SMILES string of the molecule is CS(=O)(=O)N(CCO)c1c(Cl)c(Cl)cc2[nH]c(=O)c(=O)[nH]c12.C[C@@H](O[C@H]1OCCN(Cc2n[nH]c(=O)[nH]2)[C@H]1c1ccc(F)cc1)c1cc(C(F)(F)F)cc(C(F)(F)F)c1. The van der Waals surface area contributed by atoms with E-state index in [2.05, 4.69) is 25.1 Å². The molecule has 25 heteroatoms. The van der Waals surface area contributed by atoms with Crippen molar-refractivity contribution in [2.75, 3.05) is 36.9 Å². The van der Waals surface area contributed by atoms with Gasteiger partial charge in [0, 0.05) is 6.54 Å². The van der Waals surface area contributed by atoms with Crippen molar-refractivity contribution in [3.63, 3.8) is 0 Å². The number of nitrogens with one attached hydrogen (secondary N) is 4. The van der Waals surface area contributed by atoms with E-state index >= 15 is 0 Å². The Balaban J connectivity index is 0.000000256. The van der Waals surface area contributed by atoms with Crippen LogP contribution in [0.25, 0.3) is 11.0 Å². The average molecular weight is 903 g/mol. The van der Waals surface area contributed by atoms with Gasteiger partial charge in [-0.2, -0.15) is 31.4 Å². The van der Waals surface area contributed by atoms with Gasteiger partial charge in [0.2, 0.25) is 10.0 Å². The zero-order valence-corrected chi connectivity index (χ0v) is 32.7. The number of aromatic nitrogens is 5. The molecule has 6 rings (SSSR count). The molecule has 0 bridgehead atoms. The molecule has 0 aliphatic carbocycles. The van der Waals surface area contributed by atoms with Crippen LogP contribution in [0.1, 0.15) is 47.1 Å². The second-order valence-electron chi connectivity index (χ2n) is 12.9. The Morgan fingerprint density at radius 1 is 0.983 bits per heavy atom. The van der Waals surface area contributed by atoms with Crippen LogP contribution in [0, 0.1) is 5.82 Å². The molecule has 0 amide bonds. The minimum absolute atomic E-state index is 0.00197. The highest BCUT2D eigenvalue weighted by Gasteiger charge is 2.39. The second-order valence-corrected chi connectivity index (χ2v) is 15.6. The van der Waals surface area contributed by atoms with Crippen LogP contribution < -0.4 is 21.1 Å². The van der Waals surface area contributed by atoms with Crippen LogP contribution in [0.5, 0.6) is 0 Å². The molecule has 5 aromatic rings. The molecule has 3 heterocycles. The molecule has 0 spiro atoms. The summed E-state index contributed by atoms with van der Waals surface area (Å²) in [6.07, 6.45) is -11.5. The number of nitrogens with zero attached hydrogens (tertiary/aromatic N) is 3. The number of ether oxygens (including phenoxy) is 2. The molecule has 1 saturated heterocycles. The Labute approximate surface area is 337 Å². The first-order chi connectivity index (χ1) is 27.5. The van der Waals surface area contributed by atoms with Gasteiger partial charge in [-0.15, -0.1) is 0 Å². The van der Waals surface area contributed by atoms with Crippen molar-refractivity contribution < 1.29 is 53.7 Å². The van der Waals surface area contributed by atoms with Crippen molar-refractivity contribution in [2.45, 2.75) is 44.3 Å². The van der Waals surface area contributed by atoms with E-state index in [9.17, 15) is 53.5 Å². The summed E-state index contributed by atoms with van der Waals surface area (Å²) < 4.78 is 130. The fourth-order valence-electron chi connectivity index (χ4n) is 6.03. The number of anilines is 1. The third kappa shape index (κ3) is 10.9. The number of fused-ring (bicyclic) bond motifs is 1. The van der Waals surface area contributed by atoms with Crippen LogP contribution in [-0.4, -0.2) is 82.4 Å². The van der Waals surface area contributed by atoms with E-state index in [-0.39, 0.29) is 63.9 Å². The van der Waals surface area contributed by atoms with Crippen LogP contribution in [0.3, 0.4) is 0 Å². The number of aliphatic hydroxyl groups is 1. The molecular formula is C34H32Cl2F7N7O8S. The minimum atomic E-state index is -5.01. The zero-order chi connectivity index (χ0) is 43.6. The molecule has 5 N–H and O–H groups in total. The number of aromatic amines is 4. The van der Waals surface area contributed by atoms with Gasteiger partial charge in [-0.1, -0.05) is 35.3 Å². The highest BCUT2D eigenvalue weighted by atomic mass is 35.5. The monoisotopic (exact) mass is 901 g/mol. The smallest absolute Gasteiger partial charge is 0.394 e. The third-order valence-corrected chi connectivity index (χ3v) is 10.6. The minimum Gasteiger partial charge on any atom is -0.394 e. The van der Waals surface area contributed by atoms with Crippen molar-refractivity contribution in [1.29, 1.82) is 0 Å². The highest BCUT2D eigenvalue weighted by molar-refractivity contribution is 7.92. The predicted octanol–water partition coefficient (Wildman–Crippen LogP) is 5.23. The van der Waals surface area contributed by atoms with Gasteiger partial charge < -0.3 is 24.5 Å². The second kappa shape index (κ2) is 17.8. The number of alkyl halides is 6. The van der Waals surface area contributed by atoms with Crippen LogP contribution >= 0.6 is 23.2 Å². The Morgan fingerprint density at radius 3 is 2.14 bits per heavy atom. The maximum absolute atomic E-state index is 13.6. The number of sulfonamides is 1. The van der Waals surface area contributed by atoms with E-state index < -0.39 is 81.2 Å². The average Bonchev–Trinajstić information content (AvgIpc) is 3.56. The molecule has 3 aromatic carbocycles. The van der Waals surface area contributed by atoms with E-state index in [1.807, 2.05) is 0 Å². The quantitative estimate of drug-likeness (QED) is 0.0911. The van der Waals surface area contributed by atoms with Crippen molar-refractivity contribution in [2.24, 2.45) is 0 Å². The third-order valence-electron chi connectivity index (χ3n) is 8.68. The summed E-state index contributed by atoms with van der Waals surface area (Å²) in [6.45, 7) is 1.04. The standard InChI is InChI=1S/C23H21F7N4O3.C11H11Cl2N3O5S/c1-12(14-8-15(22(25,26)27)10-16(9-14)23(28,29)30)37-20-19(13-2-4-17(24)5-3-13)34(6-7-36-20)11-18-31-21(35)33-32-18;1-22(20,21)16(2-3-17)9-7(13)5(12)4-6-8(9)15-11(19)10(18)14-6/h2-5,8-10,12,19-20H,6-7,11H2,1H3,(H2,31,32,33,35);4,17H,2-3H2,1H3,(H,14,18)(H,15,19)/t12-,19+,20-;/m1./s1. The molecule has 3 atom stereocenters. The molecule has 0 radical (unpaired) electrons. The number of morpholine rings is 1. The first kappa shape index (κ1) is 45.3. The Kier molecular flexibility index (Phi) is 13.7. The van der Waals surface area contributed by atoms with Crippen molar-refractivity contribution >= 4 is 49.9 Å². The number of halogens is 9. The van der Waals surface area contributed by atoms with Crippen LogP contribution in [0.15, 0.2) is 62.9 Å². The number of H-pyrrole nitrogens is 4. The summed E-state index contributed by atoms with van der Waals surface area (Å²) in [7, 11) is -3.82. The number of aliphatic hydroxyl groups excluding tert-OH is 1. The number of rotatable bonds is 10. The molecule has 15 nitrogen and oxygen atoms in total. The summed E-state index contributed by atoms with van der Waals surface area (Å²) in [6, 6.07) is 7.09. The van der Waals surface area contributed by atoms with E-state index in [4.69, 9.17) is 37.8 Å². The fraction of sp³-hybridized carbons (Fsp3) is 0.353. The number of hydrogen-bond donors (Lipinski definition) is 5. The number of benzene rings is 3. The van der Waals surface area contributed by atoms with Gasteiger partial charge in [0.15, 0.2) is 6.29 Å². The van der Waals surface area contributed by atoms with Gasteiger partial charge in [-0.05, 0) is 54.4 Å². The lowest BCUT2D eigenvalue weighted by Crippen LogP contribution is -2.46. The van der Waals surface area contributed by atoms with Crippen LogP contribution in [-0.2, 0) is 38.4 Å². The predicted molar refractivity (Wildman–Crippen MR) is 199 cm³/mol. The molecule has 320 valence electrons. The Hall–Kier alpha value is -4.78. The van der Waals surface area contributed by atoms with Gasteiger partial charge in [0.1, 0.15) is 11.6 Å². The maximum Gasteiger partial charge on any atom is 0.416 e. The normalized spacial score (nSPS) is 17.1. The van der Waals surface area contributed by atoms with Gasteiger partial charge >= 0.3 is 29.2 Å². The molecule has 0 unspecified atom stereocenters. The van der Waals surface area contributed by atoms with Gasteiger partial charge in [0.25, 0.3) is 0 Å². The molecule has 2 aromatic heterocycles. The summed E-state index contributed by atoms with van der Waals surface area (Å²) in [5.41, 5.74) is -5.18. The molecule has 1 fully saturated rings. The fourth-order valence-corrected chi connectivity index (χ4v) is 7.46. The van der Waals surface area contributed by atoms with Crippen LogP contribution in [0.4, 0.5) is 36.4 Å². The van der Waals surface area contributed by atoms with E-state index in [0.717, 1.165) is 10.6 Å². The molecular weight excluding hydrogens is 870 g/mol. The highest BCUT2D eigenvalue weighted by Crippen LogP contribution is 2.41. The van der Waals surface area contributed by atoms with Gasteiger partial charge in [-0.25, -0.2) is 22.7 Å². The maximum atomic E-state index is 13.6. The molecule has 1 aliphatic heterocycles. The Bertz CT molecular complexity index is 2550. The lowest BCUT2D eigenvalue weighted by Gasteiger charge is -2.41. The lowest BCUT2D eigenvalue weighted by atomic mass is 10.0. The molecule has 0 saturated carbocycles. The zero-order valence-electron chi connectivity index (χ0n) is 30.3. The topological polar surface area (TPSA) is 207 Å². The summed E-state index contributed by atoms with van der Waals surface area (Å²) >= 11 is 12.0. The van der Waals surface area contributed by atoms with E-state index in [0.29, 0.717) is 24.2 Å². The van der Waals surface area contributed by atoms with Crippen LogP contribution in [0.2, 0.25) is 10.0 Å². The summed E-state index contributed by atoms with van der Waals surface area (Å²) in [5.74, 6) is -0.239. The summed E-state index contributed by atoms with van der Waals surface area (Å²) in [5, 5.41) is 15.0. The van der Waals surface area contributed by atoms with E-state index in [1.165, 1.54) is 37.3 Å². The molecule has 1 aliphatic rings. The van der Waals surface area contributed by atoms with Gasteiger partial charge in [0.05, 0.1) is 82.6 Å².